The Morgan fingerprint density at radius 1 is 1.36 bits per heavy atom. The van der Waals surface area contributed by atoms with Crippen LogP contribution in [0, 0.1) is 0 Å². The molecule has 0 aromatic heterocycles. The van der Waals surface area contributed by atoms with Crippen molar-refractivity contribution in [3.05, 3.63) is 12.7 Å². The monoisotopic (exact) mass is 150 g/mol. The van der Waals surface area contributed by atoms with Gasteiger partial charge in [-0.3, -0.25) is 0 Å². The minimum atomic E-state index is 0.402. The van der Waals surface area contributed by atoms with Crippen molar-refractivity contribution in [2.75, 3.05) is 0 Å². The Hall–Kier alpha value is -0.195. The van der Waals surface area contributed by atoms with Crippen molar-refractivity contribution in [3.63, 3.8) is 0 Å². The summed E-state index contributed by atoms with van der Waals surface area (Å²) < 4.78 is 0. The fraction of sp³-hybridized carbons (Fsp3) is 0.800. The minimum Gasteiger partial charge on any atom is -0.103 e. The molecule has 2 radical (unpaired) electrons. The van der Waals surface area contributed by atoms with Gasteiger partial charge in [0.1, 0.15) is 0 Å². The molecule has 0 aliphatic heterocycles. The standard InChI is InChI=1S/C10H19B/c1-3-5-7-9-10(11)8-6-4-2/h4,10H,2-3,5-9H2,1H3. The summed E-state index contributed by atoms with van der Waals surface area (Å²) in [5.41, 5.74) is 0. The Labute approximate surface area is 72.5 Å². The van der Waals surface area contributed by atoms with Crippen molar-refractivity contribution in [2.24, 2.45) is 0 Å². The lowest BCUT2D eigenvalue weighted by atomic mass is 9.79. The quantitative estimate of drug-likeness (QED) is 0.296. The normalized spacial score (nSPS) is 12.8. The molecule has 0 bridgehead atoms. The van der Waals surface area contributed by atoms with Crippen LogP contribution in [-0.4, -0.2) is 7.85 Å². The third-order valence-electron chi connectivity index (χ3n) is 1.92. The molecule has 62 valence electrons. The highest BCUT2D eigenvalue weighted by Crippen LogP contribution is 2.17. The molecule has 1 atom stereocenters. The van der Waals surface area contributed by atoms with Crippen LogP contribution in [0.3, 0.4) is 0 Å². The first-order valence-corrected chi connectivity index (χ1v) is 4.67. The maximum Gasteiger partial charge on any atom is 0.0699 e. The molecule has 0 heterocycles. The van der Waals surface area contributed by atoms with Crippen molar-refractivity contribution in [1.82, 2.24) is 0 Å². The largest absolute Gasteiger partial charge is 0.103 e. The summed E-state index contributed by atoms with van der Waals surface area (Å²) in [6, 6.07) is 0. The summed E-state index contributed by atoms with van der Waals surface area (Å²) in [6.07, 6.45) is 9.19. The van der Waals surface area contributed by atoms with Crippen molar-refractivity contribution >= 4 is 7.85 Å². The molecule has 0 fully saturated rings. The van der Waals surface area contributed by atoms with Crippen LogP contribution in [0.25, 0.3) is 0 Å². The molecule has 1 unspecified atom stereocenters. The number of rotatable bonds is 7. The van der Waals surface area contributed by atoms with E-state index in [4.69, 9.17) is 7.85 Å². The molecular weight excluding hydrogens is 131 g/mol. The molecule has 0 N–H and O–H groups in total. The molecule has 0 amide bonds. The van der Waals surface area contributed by atoms with Gasteiger partial charge < -0.3 is 0 Å². The SMILES string of the molecule is [B]C(CCC=C)CCCCC. The highest BCUT2D eigenvalue weighted by Gasteiger charge is 1.98. The zero-order valence-electron chi connectivity index (χ0n) is 7.68. The highest BCUT2D eigenvalue weighted by atomic mass is 14.0. The molecule has 11 heavy (non-hydrogen) atoms. The molecule has 0 rings (SSSR count). The second kappa shape index (κ2) is 7.91. The highest BCUT2D eigenvalue weighted by molar-refractivity contribution is 6.11. The van der Waals surface area contributed by atoms with Gasteiger partial charge in [0.15, 0.2) is 0 Å². The van der Waals surface area contributed by atoms with Crippen LogP contribution in [0.15, 0.2) is 12.7 Å². The van der Waals surface area contributed by atoms with Crippen LogP contribution in [0.4, 0.5) is 0 Å². The zero-order valence-corrected chi connectivity index (χ0v) is 7.68. The van der Waals surface area contributed by atoms with Crippen LogP contribution < -0.4 is 0 Å². The summed E-state index contributed by atoms with van der Waals surface area (Å²) >= 11 is 0. The van der Waals surface area contributed by atoms with Crippen LogP contribution in [-0.2, 0) is 0 Å². The van der Waals surface area contributed by atoms with Gasteiger partial charge in [-0.15, -0.1) is 6.58 Å². The first kappa shape index (κ1) is 10.8. The van der Waals surface area contributed by atoms with E-state index in [0.29, 0.717) is 5.82 Å². The molecule has 0 aliphatic carbocycles. The third-order valence-corrected chi connectivity index (χ3v) is 1.92. The molecule has 0 saturated heterocycles. The van der Waals surface area contributed by atoms with E-state index in [9.17, 15) is 0 Å². The summed E-state index contributed by atoms with van der Waals surface area (Å²) in [5.74, 6) is 0.402. The lowest BCUT2D eigenvalue weighted by molar-refractivity contribution is 0.611. The summed E-state index contributed by atoms with van der Waals surface area (Å²) in [4.78, 5) is 0. The Balaban J connectivity index is 3.08. The van der Waals surface area contributed by atoms with E-state index in [0.717, 1.165) is 12.8 Å². The third kappa shape index (κ3) is 7.70. The number of hydrogen-bond donors (Lipinski definition) is 0. The van der Waals surface area contributed by atoms with Crippen LogP contribution >= 0.6 is 0 Å². The molecular formula is C10H19B. The second-order valence-electron chi connectivity index (χ2n) is 3.12. The van der Waals surface area contributed by atoms with Gasteiger partial charge in [0.2, 0.25) is 0 Å². The Morgan fingerprint density at radius 2 is 2.09 bits per heavy atom. The Morgan fingerprint density at radius 3 is 2.64 bits per heavy atom. The number of allylic oxidation sites excluding steroid dienone is 1. The Bertz CT molecular complexity index is 88.9. The van der Waals surface area contributed by atoms with Crippen molar-refractivity contribution < 1.29 is 0 Å². The Kier molecular flexibility index (Phi) is 7.77. The first-order chi connectivity index (χ1) is 5.31. The maximum atomic E-state index is 5.85. The van der Waals surface area contributed by atoms with Gasteiger partial charge >= 0.3 is 0 Å². The number of unbranched alkanes of at least 4 members (excludes halogenated alkanes) is 2. The average molecular weight is 150 g/mol. The average Bonchev–Trinajstić information content (AvgIpc) is 2.01. The van der Waals surface area contributed by atoms with E-state index in [1.165, 1.54) is 25.7 Å². The van der Waals surface area contributed by atoms with E-state index in [1.807, 2.05) is 6.08 Å². The van der Waals surface area contributed by atoms with Crippen LogP contribution in [0.1, 0.15) is 45.4 Å². The maximum absolute atomic E-state index is 5.85. The predicted octanol–water partition coefficient (Wildman–Crippen LogP) is 3.49. The smallest absolute Gasteiger partial charge is 0.0699 e. The first-order valence-electron chi connectivity index (χ1n) is 4.67. The topological polar surface area (TPSA) is 0 Å². The van der Waals surface area contributed by atoms with Gasteiger partial charge in [0.25, 0.3) is 0 Å². The predicted molar refractivity (Wildman–Crippen MR) is 53.1 cm³/mol. The van der Waals surface area contributed by atoms with E-state index < -0.39 is 0 Å². The summed E-state index contributed by atoms with van der Waals surface area (Å²) in [7, 11) is 5.85. The van der Waals surface area contributed by atoms with E-state index >= 15 is 0 Å². The van der Waals surface area contributed by atoms with Gasteiger partial charge in [-0.25, -0.2) is 0 Å². The second-order valence-corrected chi connectivity index (χ2v) is 3.12. The molecule has 0 aromatic rings. The van der Waals surface area contributed by atoms with E-state index in [-0.39, 0.29) is 0 Å². The van der Waals surface area contributed by atoms with Gasteiger partial charge in [0, 0.05) is 0 Å². The molecule has 0 nitrogen and oxygen atoms in total. The van der Waals surface area contributed by atoms with Gasteiger partial charge in [-0.1, -0.05) is 50.9 Å². The lowest BCUT2D eigenvalue weighted by Gasteiger charge is -2.08. The van der Waals surface area contributed by atoms with Gasteiger partial charge in [0.05, 0.1) is 7.85 Å². The lowest BCUT2D eigenvalue weighted by Crippen LogP contribution is -1.91. The summed E-state index contributed by atoms with van der Waals surface area (Å²) in [6.45, 7) is 5.89. The van der Waals surface area contributed by atoms with Crippen molar-refractivity contribution in [3.8, 4) is 0 Å². The van der Waals surface area contributed by atoms with E-state index in [1.54, 1.807) is 0 Å². The molecule has 0 saturated carbocycles. The molecule has 0 aliphatic rings. The van der Waals surface area contributed by atoms with Crippen molar-refractivity contribution in [1.29, 1.82) is 0 Å². The summed E-state index contributed by atoms with van der Waals surface area (Å²) in [5, 5.41) is 0. The van der Waals surface area contributed by atoms with E-state index in [2.05, 4.69) is 13.5 Å². The van der Waals surface area contributed by atoms with Gasteiger partial charge in [-0.05, 0) is 6.42 Å². The van der Waals surface area contributed by atoms with Crippen LogP contribution in [0.2, 0.25) is 5.82 Å². The zero-order chi connectivity index (χ0) is 8.53. The fourth-order valence-electron chi connectivity index (χ4n) is 1.13. The minimum absolute atomic E-state index is 0.402. The van der Waals surface area contributed by atoms with Gasteiger partial charge in [-0.2, -0.15) is 0 Å². The number of hydrogen-bond acceptors (Lipinski definition) is 0. The molecule has 0 aromatic carbocycles. The van der Waals surface area contributed by atoms with Crippen LogP contribution in [0.5, 0.6) is 0 Å². The molecule has 0 spiro atoms. The fourth-order valence-corrected chi connectivity index (χ4v) is 1.13. The van der Waals surface area contributed by atoms with Crippen molar-refractivity contribution in [2.45, 2.75) is 51.3 Å². The molecule has 1 heteroatoms.